The van der Waals surface area contributed by atoms with Crippen LogP contribution in [0.4, 0.5) is 0 Å². The summed E-state index contributed by atoms with van der Waals surface area (Å²) >= 11 is 9.51. The van der Waals surface area contributed by atoms with Crippen LogP contribution in [0.1, 0.15) is 5.56 Å². The largest absolute Gasteiger partial charge is 0.289 e. The first-order chi connectivity index (χ1) is 10.1. The molecule has 0 radical (unpaired) electrons. The Morgan fingerprint density at radius 3 is 2.52 bits per heavy atom. The van der Waals surface area contributed by atoms with Crippen LogP contribution in [0.2, 0.25) is 5.02 Å². The minimum Gasteiger partial charge on any atom is -0.289 e. The number of benzene rings is 2. The summed E-state index contributed by atoms with van der Waals surface area (Å²) < 4.78 is 1.99. The van der Waals surface area contributed by atoms with E-state index in [-0.39, 0.29) is 5.56 Å². The maximum absolute atomic E-state index is 12.4. The van der Waals surface area contributed by atoms with Crippen molar-refractivity contribution in [1.82, 2.24) is 9.78 Å². The predicted octanol–water partition coefficient (Wildman–Crippen LogP) is 4.56. The van der Waals surface area contributed by atoms with Gasteiger partial charge in [0.1, 0.15) is 4.47 Å². The summed E-state index contributed by atoms with van der Waals surface area (Å²) in [6.07, 6.45) is 0. The average molecular weight is 364 g/mol. The van der Waals surface area contributed by atoms with Crippen molar-refractivity contribution in [3.63, 3.8) is 0 Å². The number of hydrogen-bond donors (Lipinski definition) is 1. The van der Waals surface area contributed by atoms with Crippen molar-refractivity contribution in [3.8, 4) is 16.9 Å². The van der Waals surface area contributed by atoms with E-state index in [1.165, 1.54) is 4.68 Å². The fourth-order valence-corrected chi connectivity index (χ4v) is 2.79. The molecule has 0 atom stereocenters. The fourth-order valence-electron chi connectivity index (χ4n) is 2.12. The van der Waals surface area contributed by atoms with Crippen LogP contribution in [0, 0.1) is 6.92 Å². The molecule has 3 nitrogen and oxygen atoms in total. The number of H-pyrrole nitrogens is 1. The number of rotatable bonds is 2. The van der Waals surface area contributed by atoms with E-state index in [0.717, 1.165) is 16.8 Å². The van der Waals surface area contributed by atoms with Gasteiger partial charge in [0.2, 0.25) is 0 Å². The zero-order valence-corrected chi connectivity index (χ0v) is 13.6. The Hall–Kier alpha value is -1.78. The Bertz CT molecular complexity index is 852. The van der Waals surface area contributed by atoms with Crippen LogP contribution in [0.25, 0.3) is 16.9 Å². The van der Waals surface area contributed by atoms with Crippen molar-refractivity contribution in [2.45, 2.75) is 6.92 Å². The Balaban J connectivity index is 2.17. The number of aromatic amines is 1. The van der Waals surface area contributed by atoms with Crippen LogP contribution in [0.3, 0.4) is 0 Å². The number of aromatic nitrogens is 2. The highest BCUT2D eigenvalue weighted by Crippen LogP contribution is 2.25. The third-order valence-corrected chi connectivity index (χ3v) is 4.45. The molecule has 0 saturated carbocycles. The third kappa shape index (κ3) is 2.57. The molecule has 0 spiro atoms. The minimum absolute atomic E-state index is 0.145. The van der Waals surface area contributed by atoms with Crippen molar-refractivity contribution < 1.29 is 0 Å². The van der Waals surface area contributed by atoms with Gasteiger partial charge >= 0.3 is 0 Å². The quantitative estimate of drug-likeness (QED) is 0.712. The Labute approximate surface area is 135 Å². The predicted molar refractivity (Wildman–Crippen MR) is 89.3 cm³/mol. The second-order valence-electron chi connectivity index (χ2n) is 4.74. The molecular weight excluding hydrogens is 352 g/mol. The van der Waals surface area contributed by atoms with E-state index in [1.54, 1.807) is 6.07 Å². The first kappa shape index (κ1) is 14.2. The minimum atomic E-state index is -0.145. The lowest BCUT2D eigenvalue weighted by Gasteiger charge is -2.04. The summed E-state index contributed by atoms with van der Waals surface area (Å²) in [5, 5.41) is 3.76. The third-order valence-electron chi connectivity index (χ3n) is 3.31. The molecule has 5 heteroatoms. The summed E-state index contributed by atoms with van der Waals surface area (Å²) in [4.78, 5) is 12.4. The van der Waals surface area contributed by atoms with E-state index in [4.69, 9.17) is 11.6 Å². The number of nitrogens with one attached hydrogen (secondary N) is 1. The van der Waals surface area contributed by atoms with Gasteiger partial charge in [-0.1, -0.05) is 48.0 Å². The highest BCUT2D eigenvalue weighted by Gasteiger charge is 2.14. The van der Waals surface area contributed by atoms with Gasteiger partial charge < -0.3 is 0 Å². The van der Waals surface area contributed by atoms with Crippen LogP contribution in [-0.4, -0.2) is 9.78 Å². The summed E-state index contributed by atoms with van der Waals surface area (Å²) in [6, 6.07) is 15.2. The van der Waals surface area contributed by atoms with Gasteiger partial charge in [0, 0.05) is 10.6 Å². The molecule has 0 amide bonds. The van der Waals surface area contributed by atoms with Gasteiger partial charge in [0.25, 0.3) is 5.56 Å². The van der Waals surface area contributed by atoms with Crippen molar-refractivity contribution in [2.75, 3.05) is 0 Å². The van der Waals surface area contributed by atoms with E-state index in [0.29, 0.717) is 15.2 Å². The number of hydrogen-bond acceptors (Lipinski definition) is 1. The lowest BCUT2D eigenvalue weighted by Crippen LogP contribution is -2.14. The molecule has 0 aliphatic carbocycles. The monoisotopic (exact) mass is 362 g/mol. The fraction of sp³-hybridized carbons (Fsp3) is 0.0625. The zero-order chi connectivity index (χ0) is 15.0. The van der Waals surface area contributed by atoms with E-state index in [9.17, 15) is 4.79 Å². The molecule has 1 heterocycles. The standard InChI is InChI=1S/C16H12BrClN2O/c1-10-7-8-12(9-13(10)18)20-16(21)14(17)15(19-20)11-5-3-2-4-6-11/h2-9,19H,1H3. The smallest absolute Gasteiger partial charge is 0.286 e. The second-order valence-corrected chi connectivity index (χ2v) is 5.94. The van der Waals surface area contributed by atoms with Crippen molar-refractivity contribution >= 4 is 27.5 Å². The van der Waals surface area contributed by atoms with Gasteiger partial charge in [0.05, 0.1) is 11.4 Å². The van der Waals surface area contributed by atoms with E-state index >= 15 is 0 Å². The second kappa shape index (κ2) is 5.54. The average Bonchev–Trinajstić information content (AvgIpc) is 2.79. The Morgan fingerprint density at radius 2 is 1.86 bits per heavy atom. The molecule has 0 aliphatic heterocycles. The van der Waals surface area contributed by atoms with E-state index < -0.39 is 0 Å². The molecule has 0 saturated heterocycles. The molecular formula is C16H12BrClN2O. The number of halogens is 2. The van der Waals surface area contributed by atoms with Gasteiger partial charge in [-0.15, -0.1) is 0 Å². The summed E-state index contributed by atoms with van der Waals surface area (Å²) in [5.41, 5.74) is 3.23. The summed E-state index contributed by atoms with van der Waals surface area (Å²) in [5.74, 6) is 0. The molecule has 1 N–H and O–H groups in total. The van der Waals surface area contributed by atoms with Gasteiger partial charge in [-0.05, 0) is 40.5 Å². The van der Waals surface area contributed by atoms with Gasteiger partial charge in [0.15, 0.2) is 0 Å². The van der Waals surface area contributed by atoms with Gasteiger partial charge in [-0.2, -0.15) is 0 Å². The topological polar surface area (TPSA) is 37.8 Å². The first-order valence-electron chi connectivity index (χ1n) is 6.40. The molecule has 2 aromatic carbocycles. The molecule has 21 heavy (non-hydrogen) atoms. The zero-order valence-electron chi connectivity index (χ0n) is 11.2. The molecule has 0 unspecified atom stereocenters. The number of nitrogens with zero attached hydrogens (tertiary/aromatic N) is 1. The van der Waals surface area contributed by atoms with Crippen LogP contribution < -0.4 is 5.56 Å². The molecule has 0 bridgehead atoms. The maximum atomic E-state index is 12.4. The first-order valence-corrected chi connectivity index (χ1v) is 7.57. The Morgan fingerprint density at radius 1 is 1.14 bits per heavy atom. The molecule has 0 aliphatic rings. The molecule has 106 valence electrons. The van der Waals surface area contributed by atoms with Crippen LogP contribution in [0.15, 0.2) is 57.8 Å². The number of aryl methyl sites for hydroxylation is 1. The maximum Gasteiger partial charge on any atom is 0.286 e. The normalized spacial score (nSPS) is 10.8. The molecule has 3 rings (SSSR count). The highest BCUT2D eigenvalue weighted by atomic mass is 79.9. The lowest BCUT2D eigenvalue weighted by molar-refractivity contribution is 0.851. The Kier molecular flexibility index (Phi) is 3.74. The van der Waals surface area contributed by atoms with Crippen molar-refractivity contribution in [2.24, 2.45) is 0 Å². The molecule has 1 aromatic heterocycles. The van der Waals surface area contributed by atoms with Crippen LogP contribution in [-0.2, 0) is 0 Å². The summed E-state index contributed by atoms with van der Waals surface area (Å²) in [6.45, 7) is 1.93. The SMILES string of the molecule is Cc1ccc(-n2[nH]c(-c3ccccc3)c(Br)c2=O)cc1Cl. The highest BCUT2D eigenvalue weighted by molar-refractivity contribution is 9.10. The van der Waals surface area contributed by atoms with E-state index in [1.807, 2.05) is 49.4 Å². The van der Waals surface area contributed by atoms with Crippen LogP contribution >= 0.6 is 27.5 Å². The van der Waals surface area contributed by atoms with Crippen LogP contribution in [0.5, 0.6) is 0 Å². The molecule has 3 aromatic rings. The van der Waals surface area contributed by atoms with Gasteiger partial charge in [-0.25, -0.2) is 4.68 Å². The van der Waals surface area contributed by atoms with Crippen molar-refractivity contribution in [3.05, 3.63) is 73.9 Å². The van der Waals surface area contributed by atoms with Crippen molar-refractivity contribution in [1.29, 1.82) is 0 Å². The van der Waals surface area contributed by atoms with Gasteiger partial charge in [-0.3, -0.25) is 9.89 Å². The molecule has 0 fully saturated rings. The summed E-state index contributed by atoms with van der Waals surface area (Å²) in [7, 11) is 0. The lowest BCUT2D eigenvalue weighted by atomic mass is 10.2. The van der Waals surface area contributed by atoms with E-state index in [2.05, 4.69) is 21.0 Å².